The molecule has 0 radical (unpaired) electrons. The van der Waals surface area contributed by atoms with E-state index in [0.29, 0.717) is 5.75 Å². The van der Waals surface area contributed by atoms with Crippen molar-refractivity contribution in [2.75, 3.05) is 19.5 Å². The Bertz CT molecular complexity index is 911. The average molecular weight is 388 g/mol. The van der Waals surface area contributed by atoms with Crippen LogP contribution in [-0.2, 0) is 9.53 Å². The summed E-state index contributed by atoms with van der Waals surface area (Å²) >= 11 is 0. The van der Waals surface area contributed by atoms with Gasteiger partial charge in [-0.25, -0.2) is 4.79 Å². The zero-order valence-electron chi connectivity index (χ0n) is 15.8. The maximum atomic E-state index is 12.3. The molecule has 0 aliphatic carbocycles. The Balaban J connectivity index is 2.09. The summed E-state index contributed by atoms with van der Waals surface area (Å²) in [4.78, 5) is 34.9. The Kier molecular flexibility index (Phi) is 6.54. The minimum atomic E-state index is -1.11. The van der Waals surface area contributed by atoms with Gasteiger partial charge in [-0.1, -0.05) is 6.07 Å². The van der Waals surface area contributed by atoms with Crippen LogP contribution in [0.3, 0.4) is 0 Å². The number of aryl methyl sites for hydroxylation is 1. The highest BCUT2D eigenvalue weighted by molar-refractivity contribution is 5.98. The molecule has 0 aliphatic heterocycles. The molecule has 2 aromatic rings. The lowest BCUT2D eigenvalue weighted by Crippen LogP contribution is -2.30. The predicted octanol–water partition coefficient (Wildman–Crippen LogP) is 3.10. The van der Waals surface area contributed by atoms with Gasteiger partial charge >= 0.3 is 5.97 Å². The van der Waals surface area contributed by atoms with Gasteiger partial charge in [0.2, 0.25) is 0 Å². The quantitative estimate of drug-likeness (QED) is 0.440. The van der Waals surface area contributed by atoms with E-state index in [2.05, 4.69) is 5.32 Å². The molecule has 0 saturated carbocycles. The van der Waals surface area contributed by atoms with Crippen molar-refractivity contribution in [2.24, 2.45) is 0 Å². The fraction of sp³-hybridized carbons (Fsp3) is 0.263. The third-order valence-corrected chi connectivity index (χ3v) is 3.95. The molecule has 0 unspecified atom stereocenters. The van der Waals surface area contributed by atoms with Crippen LogP contribution < -0.4 is 14.8 Å². The lowest BCUT2D eigenvalue weighted by atomic mass is 10.1. The van der Waals surface area contributed by atoms with Gasteiger partial charge in [0.05, 0.1) is 36.5 Å². The summed E-state index contributed by atoms with van der Waals surface area (Å²) in [5, 5.41) is 13.4. The van der Waals surface area contributed by atoms with Gasteiger partial charge in [-0.05, 0) is 37.6 Å². The van der Waals surface area contributed by atoms with Crippen LogP contribution in [0.25, 0.3) is 0 Å². The van der Waals surface area contributed by atoms with Gasteiger partial charge in [0.25, 0.3) is 11.6 Å². The number of rotatable bonds is 7. The number of nitrogens with one attached hydrogen (secondary N) is 1. The molecule has 0 bridgehead atoms. The first-order valence-electron chi connectivity index (χ1n) is 8.25. The standard InChI is InChI=1S/C19H20N2O7/c1-11-5-6-13(9-16(11)26-3)19(23)28-12(2)18(22)20-15-8-7-14(21(24)25)10-17(15)27-4/h5-10,12H,1-4H3,(H,20,22)/t12-/m0/s1. The number of hydrogen-bond acceptors (Lipinski definition) is 7. The van der Waals surface area contributed by atoms with Crippen LogP contribution in [0.1, 0.15) is 22.8 Å². The predicted molar refractivity (Wildman–Crippen MR) is 101 cm³/mol. The minimum absolute atomic E-state index is 0.115. The van der Waals surface area contributed by atoms with Crippen molar-refractivity contribution < 1.29 is 28.7 Å². The number of nitrogens with zero attached hydrogens (tertiary/aromatic N) is 1. The van der Waals surface area contributed by atoms with Crippen LogP contribution in [0.4, 0.5) is 11.4 Å². The van der Waals surface area contributed by atoms with Crippen LogP contribution >= 0.6 is 0 Å². The van der Waals surface area contributed by atoms with Gasteiger partial charge in [-0.15, -0.1) is 0 Å². The van der Waals surface area contributed by atoms with Crippen LogP contribution in [-0.4, -0.2) is 37.1 Å². The summed E-state index contributed by atoms with van der Waals surface area (Å²) < 4.78 is 15.4. The number of hydrogen-bond donors (Lipinski definition) is 1. The molecular weight excluding hydrogens is 368 g/mol. The van der Waals surface area contributed by atoms with Crippen molar-refractivity contribution >= 4 is 23.3 Å². The second kappa shape index (κ2) is 8.85. The maximum absolute atomic E-state index is 12.3. The molecule has 0 saturated heterocycles. The van der Waals surface area contributed by atoms with Crippen LogP contribution in [0.2, 0.25) is 0 Å². The fourth-order valence-corrected chi connectivity index (χ4v) is 2.36. The molecule has 2 aromatic carbocycles. The van der Waals surface area contributed by atoms with E-state index in [1.807, 2.05) is 6.92 Å². The highest BCUT2D eigenvalue weighted by atomic mass is 16.6. The number of anilines is 1. The van der Waals surface area contributed by atoms with Crippen molar-refractivity contribution in [2.45, 2.75) is 20.0 Å². The number of nitro groups is 1. The molecule has 0 spiro atoms. The Labute approximate surface area is 161 Å². The van der Waals surface area contributed by atoms with Gasteiger partial charge in [-0.2, -0.15) is 0 Å². The zero-order chi connectivity index (χ0) is 20.8. The normalized spacial score (nSPS) is 11.3. The first-order valence-corrected chi connectivity index (χ1v) is 8.25. The summed E-state index contributed by atoms with van der Waals surface area (Å²) in [5.74, 6) is -0.650. The molecule has 9 heteroatoms. The Morgan fingerprint density at radius 3 is 2.36 bits per heavy atom. The summed E-state index contributed by atoms with van der Waals surface area (Å²) in [6.07, 6.45) is -1.11. The molecule has 9 nitrogen and oxygen atoms in total. The van der Waals surface area contributed by atoms with Gasteiger partial charge in [0, 0.05) is 6.07 Å². The van der Waals surface area contributed by atoms with E-state index in [1.54, 1.807) is 12.1 Å². The number of methoxy groups -OCH3 is 2. The zero-order valence-corrected chi connectivity index (χ0v) is 15.8. The summed E-state index contributed by atoms with van der Waals surface area (Å²) in [5.41, 5.74) is 1.14. The average Bonchev–Trinajstić information content (AvgIpc) is 2.68. The Hall–Kier alpha value is -3.62. The van der Waals surface area contributed by atoms with Gasteiger partial charge in [0.15, 0.2) is 6.10 Å². The van der Waals surface area contributed by atoms with Crippen molar-refractivity contribution in [3.05, 3.63) is 57.6 Å². The molecule has 2 rings (SSSR count). The Morgan fingerprint density at radius 1 is 1.07 bits per heavy atom. The van der Waals surface area contributed by atoms with E-state index >= 15 is 0 Å². The number of benzene rings is 2. The SMILES string of the molecule is COc1cc(C(=O)O[C@@H](C)C(=O)Nc2ccc([N+](=O)[O-])cc2OC)ccc1C. The highest BCUT2D eigenvalue weighted by Crippen LogP contribution is 2.29. The summed E-state index contributed by atoms with van der Waals surface area (Å²) in [7, 11) is 2.81. The number of nitro benzene ring substituents is 1. The van der Waals surface area contributed by atoms with Crippen molar-refractivity contribution in [3.63, 3.8) is 0 Å². The van der Waals surface area contributed by atoms with Crippen LogP contribution in [0.5, 0.6) is 11.5 Å². The highest BCUT2D eigenvalue weighted by Gasteiger charge is 2.21. The fourth-order valence-electron chi connectivity index (χ4n) is 2.36. The number of non-ortho nitro benzene ring substituents is 1. The third-order valence-electron chi connectivity index (χ3n) is 3.95. The lowest BCUT2D eigenvalue weighted by Gasteiger charge is -2.15. The van der Waals surface area contributed by atoms with E-state index in [4.69, 9.17) is 14.2 Å². The van der Waals surface area contributed by atoms with Gasteiger partial charge < -0.3 is 19.5 Å². The minimum Gasteiger partial charge on any atom is -0.496 e. The van der Waals surface area contributed by atoms with Crippen LogP contribution in [0, 0.1) is 17.0 Å². The largest absolute Gasteiger partial charge is 0.496 e. The summed E-state index contributed by atoms with van der Waals surface area (Å²) in [6.45, 7) is 3.25. The van der Waals surface area contributed by atoms with Crippen LogP contribution in [0.15, 0.2) is 36.4 Å². The first kappa shape index (κ1) is 20.7. The van der Waals surface area contributed by atoms with E-state index in [-0.39, 0.29) is 22.7 Å². The van der Waals surface area contributed by atoms with E-state index in [9.17, 15) is 19.7 Å². The molecule has 28 heavy (non-hydrogen) atoms. The number of amides is 1. The topological polar surface area (TPSA) is 117 Å². The van der Waals surface area contributed by atoms with Crippen molar-refractivity contribution in [3.8, 4) is 11.5 Å². The second-order valence-electron chi connectivity index (χ2n) is 5.86. The third kappa shape index (κ3) is 4.76. The number of esters is 1. The molecule has 1 amide bonds. The van der Waals surface area contributed by atoms with E-state index in [0.717, 1.165) is 5.56 Å². The first-order chi connectivity index (χ1) is 13.3. The summed E-state index contributed by atoms with van der Waals surface area (Å²) in [6, 6.07) is 8.57. The molecular formula is C19H20N2O7. The number of carbonyl (C=O) groups is 2. The Morgan fingerprint density at radius 2 is 1.75 bits per heavy atom. The van der Waals surface area contributed by atoms with Gasteiger partial charge in [0.1, 0.15) is 11.5 Å². The van der Waals surface area contributed by atoms with Crippen molar-refractivity contribution in [1.82, 2.24) is 0 Å². The monoisotopic (exact) mass is 388 g/mol. The molecule has 1 atom stereocenters. The lowest BCUT2D eigenvalue weighted by molar-refractivity contribution is -0.384. The second-order valence-corrected chi connectivity index (χ2v) is 5.86. The van der Waals surface area contributed by atoms with Gasteiger partial charge in [-0.3, -0.25) is 14.9 Å². The molecule has 0 heterocycles. The molecule has 0 fully saturated rings. The molecule has 148 valence electrons. The van der Waals surface area contributed by atoms with E-state index < -0.39 is 22.9 Å². The smallest absolute Gasteiger partial charge is 0.339 e. The molecule has 0 aromatic heterocycles. The van der Waals surface area contributed by atoms with E-state index in [1.165, 1.54) is 45.4 Å². The molecule has 1 N–H and O–H groups in total. The molecule has 0 aliphatic rings. The maximum Gasteiger partial charge on any atom is 0.339 e. The van der Waals surface area contributed by atoms with Crippen molar-refractivity contribution in [1.29, 1.82) is 0 Å². The number of carbonyl (C=O) groups excluding carboxylic acids is 2. The number of ether oxygens (including phenoxy) is 3.